The maximum absolute atomic E-state index is 5.34. The lowest BCUT2D eigenvalue weighted by Crippen LogP contribution is -2.10. The molecule has 0 bridgehead atoms. The van der Waals surface area contributed by atoms with Crippen molar-refractivity contribution < 1.29 is 0 Å². The first-order chi connectivity index (χ1) is 7.26. The van der Waals surface area contributed by atoms with Gasteiger partial charge < -0.3 is 5.32 Å². The third kappa shape index (κ3) is 4.08. The van der Waals surface area contributed by atoms with Gasteiger partial charge in [0.2, 0.25) is 0 Å². The van der Waals surface area contributed by atoms with Crippen LogP contribution in [0.25, 0.3) is 0 Å². The van der Waals surface area contributed by atoms with Crippen molar-refractivity contribution in [3.8, 4) is 12.3 Å². The first-order valence-corrected chi connectivity index (χ1v) is 5.56. The van der Waals surface area contributed by atoms with Crippen LogP contribution in [0.4, 0.5) is 5.69 Å². The third-order valence-corrected chi connectivity index (χ3v) is 2.47. The molecule has 0 spiro atoms. The van der Waals surface area contributed by atoms with Gasteiger partial charge >= 0.3 is 0 Å². The second-order valence-corrected chi connectivity index (χ2v) is 4.00. The minimum absolute atomic E-state index is 0.712. The van der Waals surface area contributed by atoms with Gasteiger partial charge in [-0.05, 0) is 30.5 Å². The molecule has 0 radical (unpaired) electrons. The topological polar surface area (TPSA) is 12.0 Å². The average molecular weight is 201 g/mol. The fourth-order valence-electron chi connectivity index (χ4n) is 1.61. The number of hydrogen-bond donors (Lipinski definition) is 1. The average Bonchev–Trinajstić information content (AvgIpc) is 2.27. The molecule has 0 aliphatic carbocycles. The Kier molecular flexibility index (Phi) is 4.77. The maximum atomic E-state index is 5.34. The lowest BCUT2D eigenvalue weighted by Gasteiger charge is -2.12. The van der Waals surface area contributed by atoms with E-state index in [1.54, 1.807) is 0 Å². The van der Waals surface area contributed by atoms with Gasteiger partial charge in [-0.3, -0.25) is 0 Å². The third-order valence-electron chi connectivity index (χ3n) is 2.47. The van der Waals surface area contributed by atoms with E-state index in [1.807, 2.05) is 18.2 Å². The summed E-state index contributed by atoms with van der Waals surface area (Å²) in [6.07, 6.45) is 7.85. The SMILES string of the molecule is C#Cc1cccc(NC[C@H](C)CCC)c1. The van der Waals surface area contributed by atoms with Crippen LogP contribution in [0.1, 0.15) is 32.3 Å². The molecule has 1 aromatic rings. The van der Waals surface area contributed by atoms with E-state index in [-0.39, 0.29) is 0 Å². The van der Waals surface area contributed by atoms with Crippen LogP contribution in [-0.4, -0.2) is 6.54 Å². The van der Waals surface area contributed by atoms with Crippen LogP contribution in [0, 0.1) is 18.3 Å². The summed E-state index contributed by atoms with van der Waals surface area (Å²) in [6.45, 7) is 5.50. The molecule has 1 aromatic carbocycles. The van der Waals surface area contributed by atoms with Crippen molar-refractivity contribution >= 4 is 5.69 Å². The molecule has 0 saturated heterocycles. The lowest BCUT2D eigenvalue weighted by atomic mass is 10.1. The highest BCUT2D eigenvalue weighted by Crippen LogP contribution is 2.12. The quantitative estimate of drug-likeness (QED) is 0.719. The predicted molar refractivity (Wildman–Crippen MR) is 66.9 cm³/mol. The van der Waals surface area contributed by atoms with Crippen LogP contribution in [0.2, 0.25) is 0 Å². The highest BCUT2D eigenvalue weighted by atomic mass is 14.9. The Hall–Kier alpha value is -1.42. The van der Waals surface area contributed by atoms with Crippen molar-refractivity contribution in [2.24, 2.45) is 5.92 Å². The summed E-state index contributed by atoms with van der Waals surface area (Å²) in [5, 5.41) is 3.41. The van der Waals surface area contributed by atoms with E-state index in [2.05, 4.69) is 31.2 Å². The molecular weight excluding hydrogens is 182 g/mol. The van der Waals surface area contributed by atoms with Crippen LogP contribution in [0.3, 0.4) is 0 Å². The van der Waals surface area contributed by atoms with Gasteiger partial charge in [-0.25, -0.2) is 0 Å². The molecule has 0 amide bonds. The summed E-state index contributed by atoms with van der Waals surface area (Å²) in [4.78, 5) is 0. The van der Waals surface area contributed by atoms with E-state index in [0.717, 1.165) is 17.8 Å². The van der Waals surface area contributed by atoms with Crippen LogP contribution in [0.15, 0.2) is 24.3 Å². The summed E-state index contributed by atoms with van der Waals surface area (Å²) in [5.41, 5.74) is 2.05. The Bertz CT molecular complexity index is 335. The molecule has 0 aromatic heterocycles. The van der Waals surface area contributed by atoms with E-state index in [9.17, 15) is 0 Å². The molecule has 1 N–H and O–H groups in total. The molecule has 80 valence electrons. The number of anilines is 1. The summed E-state index contributed by atoms with van der Waals surface area (Å²) < 4.78 is 0. The molecule has 1 rings (SSSR count). The van der Waals surface area contributed by atoms with E-state index < -0.39 is 0 Å². The predicted octanol–water partition coefficient (Wildman–Crippen LogP) is 3.52. The highest BCUT2D eigenvalue weighted by Gasteiger charge is 2.00. The molecule has 0 saturated carbocycles. The first-order valence-electron chi connectivity index (χ1n) is 5.56. The second-order valence-electron chi connectivity index (χ2n) is 4.00. The Morgan fingerprint density at radius 3 is 2.93 bits per heavy atom. The number of benzene rings is 1. The molecule has 1 heteroatoms. The standard InChI is InChI=1S/C14H19N/c1-4-7-12(3)11-15-14-9-6-8-13(5-2)10-14/h2,6,8-10,12,15H,4,7,11H2,1,3H3/t12-/m1/s1. The van der Waals surface area contributed by atoms with Crippen LogP contribution in [0.5, 0.6) is 0 Å². The van der Waals surface area contributed by atoms with Crippen molar-refractivity contribution in [1.82, 2.24) is 0 Å². The summed E-state index contributed by atoms with van der Waals surface area (Å²) in [6, 6.07) is 8.00. The lowest BCUT2D eigenvalue weighted by molar-refractivity contribution is 0.551. The van der Waals surface area contributed by atoms with Crippen molar-refractivity contribution in [3.05, 3.63) is 29.8 Å². The van der Waals surface area contributed by atoms with E-state index >= 15 is 0 Å². The largest absolute Gasteiger partial charge is 0.385 e. The van der Waals surface area contributed by atoms with Crippen LogP contribution in [-0.2, 0) is 0 Å². The zero-order valence-corrected chi connectivity index (χ0v) is 9.59. The van der Waals surface area contributed by atoms with E-state index in [0.29, 0.717) is 5.92 Å². The fraction of sp³-hybridized carbons (Fsp3) is 0.429. The van der Waals surface area contributed by atoms with Gasteiger partial charge in [0.25, 0.3) is 0 Å². The molecule has 0 aliphatic heterocycles. The fourth-order valence-corrected chi connectivity index (χ4v) is 1.61. The smallest absolute Gasteiger partial charge is 0.0352 e. The monoisotopic (exact) mass is 201 g/mol. The Morgan fingerprint density at radius 1 is 1.47 bits per heavy atom. The number of rotatable bonds is 5. The summed E-state index contributed by atoms with van der Waals surface area (Å²) >= 11 is 0. The number of nitrogens with one attached hydrogen (secondary N) is 1. The number of hydrogen-bond acceptors (Lipinski definition) is 1. The molecule has 0 fully saturated rings. The first kappa shape index (κ1) is 11.7. The summed E-state index contributed by atoms with van der Waals surface area (Å²) in [5.74, 6) is 3.35. The molecule has 0 aliphatic rings. The molecule has 1 atom stereocenters. The Morgan fingerprint density at radius 2 is 2.27 bits per heavy atom. The van der Waals surface area contributed by atoms with Gasteiger partial charge in [0.15, 0.2) is 0 Å². The van der Waals surface area contributed by atoms with Crippen molar-refractivity contribution in [3.63, 3.8) is 0 Å². The minimum Gasteiger partial charge on any atom is -0.385 e. The van der Waals surface area contributed by atoms with E-state index in [1.165, 1.54) is 12.8 Å². The molecule has 1 nitrogen and oxygen atoms in total. The zero-order valence-electron chi connectivity index (χ0n) is 9.59. The van der Waals surface area contributed by atoms with Gasteiger partial charge in [0, 0.05) is 17.8 Å². The van der Waals surface area contributed by atoms with Gasteiger partial charge in [-0.2, -0.15) is 0 Å². The van der Waals surface area contributed by atoms with E-state index in [4.69, 9.17) is 6.42 Å². The Labute approximate surface area is 92.9 Å². The molecular formula is C14H19N. The second kappa shape index (κ2) is 6.14. The normalized spacial score (nSPS) is 11.8. The van der Waals surface area contributed by atoms with Gasteiger partial charge in [-0.15, -0.1) is 6.42 Å². The minimum atomic E-state index is 0.712. The van der Waals surface area contributed by atoms with Crippen molar-refractivity contribution in [2.75, 3.05) is 11.9 Å². The maximum Gasteiger partial charge on any atom is 0.0352 e. The highest BCUT2D eigenvalue weighted by molar-refractivity contribution is 5.49. The Balaban J connectivity index is 2.47. The van der Waals surface area contributed by atoms with Crippen molar-refractivity contribution in [2.45, 2.75) is 26.7 Å². The van der Waals surface area contributed by atoms with Gasteiger partial charge in [0.1, 0.15) is 0 Å². The molecule has 0 heterocycles. The zero-order chi connectivity index (χ0) is 11.1. The summed E-state index contributed by atoms with van der Waals surface area (Å²) in [7, 11) is 0. The van der Waals surface area contributed by atoms with Gasteiger partial charge in [0.05, 0.1) is 0 Å². The van der Waals surface area contributed by atoms with Gasteiger partial charge in [-0.1, -0.05) is 32.3 Å². The van der Waals surface area contributed by atoms with Crippen LogP contribution < -0.4 is 5.32 Å². The van der Waals surface area contributed by atoms with Crippen LogP contribution >= 0.6 is 0 Å². The molecule has 0 unspecified atom stereocenters. The number of terminal acetylenes is 1. The van der Waals surface area contributed by atoms with Crippen molar-refractivity contribution in [1.29, 1.82) is 0 Å². The molecule has 15 heavy (non-hydrogen) atoms.